The van der Waals surface area contributed by atoms with Crippen molar-refractivity contribution >= 4 is 45.7 Å². The standard InChI is InChI=1S/C11H9IN2OS/c1-2-5-14-10(15)8-6-7(12)3-4-9(8)13-11(14)16/h2-4,6H,1,5H2,(H,13,16). The molecule has 0 saturated heterocycles. The van der Waals surface area contributed by atoms with Crippen molar-refractivity contribution in [1.82, 2.24) is 9.55 Å². The van der Waals surface area contributed by atoms with Crippen molar-refractivity contribution in [1.29, 1.82) is 0 Å². The number of fused-ring (bicyclic) bond motifs is 1. The second-order valence-electron chi connectivity index (χ2n) is 3.32. The number of rotatable bonds is 2. The fraction of sp³-hybridized carbons (Fsp3) is 0.0909. The summed E-state index contributed by atoms with van der Waals surface area (Å²) in [6.07, 6.45) is 1.66. The summed E-state index contributed by atoms with van der Waals surface area (Å²) in [5.74, 6) is 0. The molecule has 2 rings (SSSR count). The van der Waals surface area contributed by atoms with Crippen LogP contribution in [0.15, 0.2) is 35.6 Å². The molecule has 0 unspecified atom stereocenters. The molecule has 1 N–H and O–H groups in total. The van der Waals surface area contributed by atoms with Gasteiger partial charge in [0.1, 0.15) is 0 Å². The molecule has 0 aliphatic carbocycles. The van der Waals surface area contributed by atoms with Gasteiger partial charge in [-0.05, 0) is 53.0 Å². The molecule has 1 heterocycles. The van der Waals surface area contributed by atoms with Crippen molar-refractivity contribution in [2.24, 2.45) is 0 Å². The van der Waals surface area contributed by atoms with E-state index in [-0.39, 0.29) is 5.56 Å². The van der Waals surface area contributed by atoms with E-state index in [1.54, 1.807) is 6.08 Å². The number of halogens is 1. The van der Waals surface area contributed by atoms with Gasteiger partial charge >= 0.3 is 0 Å². The number of benzene rings is 1. The third kappa shape index (κ3) is 1.97. The van der Waals surface area contributed by atoms with Crippen molar-refractivity contribution in [3.05, 3.63) is 49.5 Å². The first kappa shape index (κ1) is 11.5. The first-order valence-electron chi connectivity index (χ1n) is 4.67. The van der Waals surface area contributed by atoms with Crippen LogP contribution < -0.4 is 5.56 Å². The van der Waals surface area contributed by atoms with Crippen molar-refractivity contribution in [3.8, 4) is 0 Å². The zero-order chi connectivity index (χ0) is 11.7. The molecule has 0 amide bonds. The molecule has 82 valence electrons. The van der Waals surface area contributed by atoms with Gasteiger partial charge in [0.25, 0.3) is 5.56 Å². The minimum atomic E-state index is -0.0721. The lowest BCUT2D eigenvalue weighted by atomic mass is 10.2. The molecule has 0 aliphatic heterocycles. The molecular formula is C11H9IN2OS. The molecule has 0 aliphatic rings. The van der Waals surface area contributed by atoms with E-state index in [1.807, 2.05) is 18.2 Å². The van der Waals surface area contributed by atoms with Gasteiger partial charge in [-0.3, -0.25) is 9.36 Å². The Morgan fingerprint density at radius 1 is 1.56 bits per heavy atom. The molecule has 0 fully saturated rings. The van der Waals surface area contributed by atoms with Gasteiger partial charge in [-0.25, -0.2) is 0 Å². The van der Waals surface area contributed by atoms with Gasteiger partial charge in [-0.2, -0.15) is 0 Å². The van der Waals surface area contributed by atoms with Crippen LogP contribution in [0, 0.1) is 8.34 Å². The maximum atomic E-state index is 12.1. The molecule has 0 bridgehead atoms. The molecule has 5 heteroatoms. The number of nitrogens with one attached hydrogen (secondary N) is 1. The predicted molar refractivity (Wildman–Crippen MR) is 76.3 cm³/mol. The average Bonchev–Trinajstić information content (AvgIpc) is 2.26. The summed E-state index contributed by atoms with van der Waals surface area (Å²) >= 11 is 7.30. The van der Waals surface area contributed by atoms with E-state index in [0.717, 1.165) is 9.09 Å². The maximum Gasteiger partial charge on any atom is 0.262 e. The van der Waals surface area contributed by atoms with E-state index in [9.17, 15) is 4.79 Å². The summed E-state index contributed by atoms with van der Waals surface area (Å²) in [5, 5.41) is 0.655. The van der Waals surface area contributed by atoms with Gasteiger partial charge in [0.2, 0.25) is 0 Å². The molecule has 0 spiro atoms. The number of allylic oxidation sites excluding steroid dienone is 1. The summed E-state index contributed by atoms with van der Waals surface area (Å²) in [4.78, 5) is 15.2. The van der Waals surface area contributed by atoms with Crippen molar-refractivity contribution in [2.45, 2.75) is 6.54 Å². The normalized spacial score (nSPS) is 10.6. The molecule has 0 radical (unpaired) electrons. The molecule has 1 aromatic heterocycles. The second-order valence-corrected chi connectivity index (χ2v) is 4.96. The van der Waals surface area contributed by atoms with E-state index < -0.39 is 0 Å². The smallest absolute Gasteiger partial charge is 0.262 e. The number of hydrogen-bond donors (Lipinski definition) is 1. The van der Waals surface area contributed by atoms with E-state index >= 15 is 0 Å². The van der Waals surface area contributed by atoms with Gasteiger partial charge in [-0.15, -0.1) is 6.58 Å². The zero-order valence-corrected chi connectivity index (χ0v) is 11.3. The van der Waals surface area contributed by atoms with Crippen LogP contribution >= 0.6 is 34.8 Å². The second kappa shape index (κ2) is 4.50. The van der Waals surface area contributed by atoms with Crippen molar-refractivity contribution < 1.29 is 0 Å². The van der Waals surface area contributed by atoms with Crippen LogP contribution in [0.1, 0.15) is 0 Å². The molecule has 16 heavy (non-hydrogen) atoms. The van der Waals surface area contributed by atoms with Gasteiger partial charge < -0.3 is 4.98 Å². The lowest BCUT2D eigenvalue weighted by molar-refractivity contribution is 0.753. The number of aromatic nitrogens is 2. The summed E-state index contributed by atoms with van der Waals surface area (Å²) in [6.45, 7) is 4.04. The molecular weight excluding hydrogens is 335 g/mol. The maximum absolute atomic E-state index is 12.1. The number of aromatic amines is 1. The zero-order valence-electron chi connectivity index (χ0n) is 8.37. The van der Waals surface area contributed by atoms with E-state index in [0.29, 0.717) is 16.7 Å². The highest BCUT2D eigenvalue weighted by Gasteiger charge is 2.04. The fourth-order valence-electron chi connectivity index (χ4n) is 1.52. The Morgan fingerprint density at radius 3 is 3.00 bits per heavy atom. The Labute approximate surface area is 111 Å². The van der Waals surface area contributed by atoms with Crippen LogP contribution in [0.5, 0.6) is 0 Å². The highest BCUT2D eigenvalue weighted by atomic mass is 127. The Bertz CT molecular complexity index is 672. The van der Waals surface area contributed by atoms with Gasteiger partial charge in [0.05, 0.1) is 10.9 Å². The first-order valence-corrected chi connectivity index (χ1v) is 6.15. The monoisotopic (exact) mass is 344 g/mol. The Hall–Kier alpha value is -0.950. The third-order valence-electron chi connectivity index (χ3n) is 2.26. The number of H-pyrrole nitrogens is 1. The predicted octanol–water partition coefficient (Wildman–Crippen LogP) is 2.85. The van der Waals surface area contributed by atoms with Crippen molar-refractivity contribution in [2.75, 3.05) is 0 Å². The summed E-state index contributed by atoms with van der Waals surface area (Å²) in [7, 11) is 0. The first-order chi connectivity index (χ1) is 7.63. The summed E-state index contributed by atoms with van der Waals surface area (Å²) < 4.78 is 2.96. The van der Waals surface area contributed by atoms with Crippen LogP contribution in [0.3, 0.4) is 0 Å². The van der Waals surface area contributed by atoms with Crippen LogP contribution in [-0.4, -0.2) is 9.55 Å². The quantitative estimate of drug-likeness (QED) is 0.517. The van der Waals surface area contributed by atoms with E-state index in [2.05, 4.69) is 34.2 Å². The largest absolute Gasteiger partial charge is 0.332 e. The van der Waals surface area contributed by atoms with Gasteiger partial charge in [0.15, 0.2) is 4.77 Å². The van der Waals surface area contributed by atoms with Crippen LogP contribution in [0.25, 0.3) is 10.9 Å². The highest BCUT2D eigenvalue weighted by molar-refractivity contribution is 14.1. The highest BCUT2D eigenvalue weighted by Crippen LogP contribution is 2.12. The Kier molecular flexibility index (Phi) is 3.25. The molecule has 0 saturated carbocycles. The van der Waals surface area contributed by atoms with Crippen LogP contribution in [-0.2, 0) is 6.54 Å². The molecule has 1 aromatic carbocycles. The van der Waals surface area contributed by atoms with Crippen LogP contribution in [0.4, 0.5) is 0 Å². The lowest BCUT2D eigenvalue weighted by Crippen LogP contribution is -2.21. The number of nitrogens with zero attached hydrogens (tertiary/aromatic N) is 1. The topological polar surface area (TPSA) is 37.8 Å². The molecule has 3 nitrogen and oxygen atoms in total. The average molecular weight is 344 g/mol. The Balaban J connectivity index is 2.90. The minimum Gasteiger partial charge on any atom is -0.332 e. The summed E-state index contributed by atoms with van der Waals surface area (Å²) in [5.41, 5.74) is 0.702. The van der Waals surface area contributed by atoms with Crippen LogP contribution in [0.2, 0.25) is 0 Å². The van der Waals surface area contributed by atoms with Gasteiger partial charge in [0, 0.05) is 10.1 Å². The number of hydrogen-bond acceptors (Lipinski definition) is 2. The molecule has 0 atom stereocenters. The van der Waals surface area contributed by atoms with E-state index in [4.69, 9.17) is 12.2 Å². The SMILES string of the molecule is C=CCn1c(=S)[nH]c2ccc(I)cc2c1=O. The van der Waals surface area contributed by atoms with E-state index in [1.165, 1.54) is 4.57 Å². The minimum absolute atomic E-state index is 0.0721. The molecule has 2 aromatic rings. The summed E-state index contributed by atoms with van der Waals surface area (Å²) in [6, 6.07) is 5.65. The lowest BCUT2D eigenvalue weighted by Gasteiger charge is -2.05. The fourth-order valence-corrected chi connectivity index (χ4v) is 2.28. The Morgan fingerprint density at radius 2 is 2.31 bits per heavy atom. The van der Waals surface area contributed by atoms with Gasteiger partial charge in [-0.1, -0.05) is 6.08 Å². The van der Waals surface area contributed by atoms with Crippen molar-refractivity contribution in [3.63, 3.8) is 0 Å². The third-order valence-corrected chi connectivity index (χ3v) is 3.25.